The van der Waals surface area contributed by atoms with Crippen LogP contribution < -0.4 is 20.9 Å². The zero-order chi connectivity index (χ0) is 27.5. The van der Waals surface area contributed by atoms with Crippen molar-refractivity contribution in [1.82, 2.24) is 15.5 Å². The predicted octanol–water partition coefficient (Wildman–Crippen LogP) is 4.51. The number of hydrogen-bond donors (Lipinski definition) is 4. The van der Waals surface area contributed by atoms with Gasteiger partial charge in [0.25, 0.3) is 5.91 Å². The van der Waals surface area contributed by atoms with Gasteiger partial charge in [0.2, 0.25) is 0 Å². The minimum absolute atomic E-state index is 0.231. The second kappa shape index (κ2) is 11.8. The number of anilines is 3. The number of aromatic nitrogens is 2. The Morgan fingerprint density at radius 2 is 1.82 bits per heavy atom. The standard InChI is InChI=1S/C30H34F2N6O2/c31-21-14-20(15-22(32)17-21)13-19-1-4-27-26(16-19)29(37-36-27)35-30(39)25-3-2-24(38-9-7-33-8-10-38)18-28(25)34-23-5-11-40-12-6-23/h2-3,14-18,23,33-34H,1,4-13H2,(H2,35,36,37,39). The minimum Gasteiger partial charge on any atom is -0.381 e. The Labute approximate surface area is 232 Å². The number of allylic oxidation sites excluding steroid dienone is 1. The Morgan fingerprint density at radius 3 is 2.60 bits per heavy atom. The second-order valence-corrected chi connectivity index (χ2v) is 10.7. The molecule has 0 radical (unpaired) electrons. The van der Waals surface area contributed by atoms with Crippen molar-refractivity contribution in [2.24, 2.45) is 0 Å². The highest BCUT2D eigenvalue weighted by Crippen LogP contribution is 2.32. The Balaban J connectivity index is 1.24. The number of halogens is 2. The van der Waals surface area contributed by atoms with Gasteiger partial charge < -0.3 is 25.6 Å². The van der Waals surface area contributed by atoms with Gasteiger partial charge >= 0.3 is 0 Å². The average Bonchev–Trinajstić information content (AvgIpc) is 3.35. The van der Waals surface area contributed by atoms with E-state index in [2.05, 4.69) is 37.1 Å². The first-order valence-electron chi connectivity index (χ1n) is 14.0. The first kappa shape index (κ1) is 26.5. The summed E-state index contributed by atoms with van der Waals surface area (Å²) in [6.45, 7) is 5.09. The Morgan fingerprint density at radius 1 is 1.05 bits per heavy atom. The first-order valence-corrected chi connectivity index (χ1v) is 14.0. The van der Waals surface area contributed by atoms with Gasteiger partial charge in [0.1, 0.15) is 11.6 Å². The maximum Gasteiger partial charge on any atom is 0.258 e. The van der Waals surface area contributed by atoms with Gasteiger partial charge in [0, 0.05) is 74.1 Å². The predicted molar refractivity (Wildman–Crippen MR) is 152 cm³/mol. The highest BCUT2D eigenvalue weighted by molar-refractivity contribution is 6.09. The van der Waals surface area contributed by atoms with Crippen molar-refractivity contribution in [3.8, 4) is 0 Å². The third-order valence-electron chi connectivity index (χ3n) is 7.82. The molecule has 3 aromatic rings. The topological polar surface area (TPSA) is 94.3 Å². The number of carbonyl (C=O) groups excluding carboxylic acids is 1. The van der Waals surface area contributed by atoms with Crippen molar-refractivity contribution in [1.29, 1.82) is 0 Å². The van der Waals surface area contributed by atoms with E-state index in [1.807, 2.05) is 18.2 Å². The van der Waals surface area contributed by atoms with Crippen LogP contribution in [0.2, 0.25) is 0 Å². The number of fused-ring (bicyclic) bond motifs is 1. The molecule has 1 aliphatic carbocycles. The van der Waals surface area contributed by atoms with E-state index >= 15 is 0 Å². The summed E-state index contributed by atoms with van der Waals surface area (Å²) in [5.74, 6) is -0.970. The van der Waals surface area contributed by atoms with Crippen LogP contribution in [-0.4, -0.2) is 61.5 Å². The van der Waals surface area contributed by atoms with Crippen LogP contribution in [0.5, 0.6) is 0 Å². The zero-order valence-corrected chi connectivity index (χ0v) is 22.4. The SMILES string of the molecule is O=C(Nc1n[nH]c2c1C=C(Cc1cc(F)cc(F)c1)CC2)c1ccc(N2CCNCC2)cc1NC1CCOCC1. The largest absolute Gasteiger partial charge is 0.381 e. The van der Waals surface area contributed by atoms with Crippen LogP contribution in [0.15, 0.2) is 42.0 Å². The van der Waals surface area contributed by atoms with E-state index in [9.17, 15) is 13.6 Å². The molecule has 3 heterocycles. The monoisotopic (exact) mass is 548 g/mol. The quantitative estimate of drug-likeness (QED) is 0.347. The number of H-pyrrole nitrogens is 1. The maximum absolute atomic E-state index is 13.7. The molecule has 4 N–H and O–H groups in total. The molecule has 10 heteroatoms. The number of aryl methyl sites for hydroxylation is 1. The van der Waals surface area contributed by atoms with Gasteiger partial charge in [-0.2, -0.15) is 5.10 Å². The van der Waals surface area contributed by atoms with Gasteiger partial charge in [-0.15, -0.1) is 0 Å². The lowest BCUT2D eigenvalue weighted by Crippen LogP contribution is -2.43. The maximum atomic E-state index is 13.7. The van der Waals surface area contributed by atoms with Gasteiger partial charge in [-0.3, -0.25) is 9.89 Å². The summed E-state index contributed by atoms with van der Waals surface area (Å²) >= 11 is 0. The second-order valence-electron chi connectivity index (χ2n) is 10.7. The van der Waals surface area contributed by atoms with E-state index < -0.39 is 11.6 Å². The van der Waals surface area contributed by atoms with Crippen LogP contribution >= 0.6 is 0 Å². The normalized spacial score (nSPS) is 17.8. The summed E-state index contributed by atoms with van der Waals surface area (Å²) < 4.78 is 33.0. The number of benzene rings is 2. The molecule has 1 aromatic heterocycles. The summed E-state index contributed by atoms with van der Waals surface area (Å²) in [6, 6.07) is 9.78. The van der Waals surface area contributed by atoms with Gasteiger partial charge in [-0.25, -0.2) is 8.78 Å². The van der Waals surface area contributed by atoms with Crippen LogP contribution in [0.25, 0.3) is 6.08 Å². The molecule has 8 nitrogen and oxygen atoms in total. The fourth-order valence-corrected chi connectivity index (χ4v) is 5.71. The molecule has 40 heavy (non-hydrogen) atoms. The van der Waals surface area contributed by atoms with Gasteiger partial charge in [0.15, 0.2) is 5.82 Å². The van der Waals surface area contributed by atoms with Crippen molar-refractivity contribution in [2.45, 2.75) is 38.1 Å². The Hall–Kier alpha value is -3.76. The lowest BCUT2D eigenvalue weighted by Gasteiger charge is -2.31. The highest BCUT2D eigenvalue weighted by atomic mass is 19.1. The third kappa shape index (κ3) is 6.03. The van der Waals surface area contributed by atoms with Gasteiger partial charge in [0.05, 0.1) is 5.56 Å². The summed E-state index contributed by atoms with van der Waals surface area (Å²) in [5, 5.41) is 17.4. The number of carbonyl (C=O) groups is 1. The summed E-state index contributed by atoms with van der Waals surface area (Å²) in [7, 11) is 0. The fourth-order valence-electron chi connectivity index (χ4n) is 5.71. The van der Waals surface area contributed by atoms with E-state index in [1.54, 1.807) is 0 Å². The van der Waals surface area contributed by atoms with Crippen molar-refractivity contribution < 1.29 is 18.3 Å². The van der Waals surface area contributed by atoms with Crippen molar-refractivity contribution >= 4 is 29.2 Å². The van der Waals surface area contributed by atoms with E-state index in [0.717, 1.165) is 79.7 Å². The van der Waals surface area contributed by atoms with Crippen LogP contribution in [0.3, 0.4) is 0 Å². The van der Waals surface area contributed by atoms with E-state index in [1.165, 1.54) is 12.1 Å². The number of hydrogen-bond acceptors (Lipinski definition) is 6. The average molecular weight is 549 g/mol. The minimum atomic E-state index is -0.587. The zero-order valence-electron chi connectivity index (χ0n) is 22.4. The van der Waals surface area contributed by atoms with Crippen LogP contribution in [0.1, 0.15) is 46.4 Å². The molecule has 0 saturated carbocycles. The first-order chi connectivity index (χ1) is 19.5. The molecule has 3 aliphatic rings. The van der Waals surface area contributed by atoms with Crippen molar-refractivity contribution in [3.05, 3.63) is 76.0 Å². The number of piperazine rings is 1. The molecule has 0 spiro atoms. The molecule has 6 rings (SSSR count). The molecule has 1 amide bonds. The lowest BCUT2D eigenvalue weighted by molar-refractivity contribution is 0.0904. The summed E-state index contributed by atoms with van der Waals surface area (Å²) in [4.78, 5) is 16.0. The Bertz CT molecular complexity index is 1390. The summed E-state index contributed by atoms with van der Waals surface area (Å²) in [6.07, 6.45) is 5.61. The number of amides is 1. The molecule has 210 valence electrons. The number of nitrogens with one attached hydrogen (secondary N) is 4. The van der Waals surface area contributed by atoms with Crippen LogP contribution in [0, 0.1) is 11.6 Å². The molecule has 0 bridgehead atoms. The molecule has 2 aliphatic heterocycles. The molecule has 2 fully saturated rings. The number of ether oxygens (including phenoxy) is 1. The lowest BCUT2D eigenvalue weighted by atomic mass is 9.92. The molecule has 0 unspecified atom stereocenters. The summed E-state index contributed by atoms with van der Waals surface area (Å²) in [5.41, 5.74) is 5.78. The Kier molecular flexibility index (Phi) is 7.79. The number of rotatable bonds is 7. The molecular formula is C30H34F2N6O2. The van der Waals surface area contributed by atoms with Gasteiger partial charge in [-0.1, -0.05) is 5.57 Å². The van der Waals surface area contributed by atoms with Gasteiger partial charge in [-0.05, 0) is 74.1 Å². The van der Waals surface area contributed by atoms with E-state index in [0.29, 0.717) is 43.0 Å². The van der Waals surface area contributed by atoms with E-state index in [-0.39, 0.29) is 11.9 Å². The van der Waals surface area contributed by atoms with Crippen LogP contribution in [-0.2, 0) is 17.6 Å². The highest BCUT2D eigenvalue weighted by Gasteiger charge is 2.23. The molecule has 0 atom stereocenters. The number of aromatic amines is 1. The number of nitrogens with zero attached hydrogens (tertiary/aromatic N) is 2. The smallest absolute Gasteiger partial charge is 0.258 e. The van der Waals surface area contributed by atoms with Crippen LogP contribution in [0.4, 0.5) is 26.0 Å². The van der Waals surface area contributed by atoms with Crippen molar-refractivity contribution in [2.75, 3.05) is 54.9 Å². The molecular weight excluding hydrogens is 514 g/mol. The molecule has 2 saturated heterocycles. The van der Waals surface area contributed by atoms with Crippen molar-refractivity contribution in [3.63, 3.8) is 0 Å². The third-order valence-corrected chi connectivity index (χ3v) is 7.82. The fraction of sp³-hybridized carbons (Fsp3) is 0.400. The molecule has 2 aromatic carbocycles. The van der Waals surface area contributed by atoms with E-state index in [4.69, 9.17) is 4.74 Å².